The molecule has 1 aromatic heterocycles. The lowest BCUT2D eigenvalue weighted by Crippen LogP contribution is -2.43. The summed E-state index contributed by atoms with van der Waals surface area (Å²) in [6.07, 6.45) is 5.51. The van der Waals surface area contributed by atoms with Gasteiger partial charge in [0.2, 0.25) is 11.8 Å². The van der Waals surface area contributed by atoms with Crippen molar-refractivity contribution in [3.05, 3.63) is 46.5 Å². The summed E-state index contributed by atoms with van der Waals surface area (Å²) in [7, 11) is 0. The highest BCUT2D eigenvalue weighted by Gasteiger charge is 2.28. The second-order valence-corrected chi connectivity index (χ2v) is 8.15. The van der Waals surface area contributed by atoms with Crippen LogP contribution in [-0.2, 0) is 16.0 Å². The molecule has 1 aromatic carbocycles. The van der Waals surface area contributed by atoms with Crippen molar-refractivity contribution in [1.29, 1.82) is 5.26 Å². The van der Waals surface area contributed by atoms with Crippen LogP contribution >= 0.6 is 11.3 Å². The fourth-order valence-corrected chi connectivity index (χ4v) is 4.19. The lowest BCUT2D eigenvalue weighted by atomic mass is 9.97. The van der Waals surface area contributed by atoms with Gasteiger partial charge in [0.25, 0.3) is 0 Å². The molecule has 1 aliphatic heterocycles. The highest BCUT2D eigenvalue weighted by molar-refractivity contribution is 7.15. The fraction of sp³-hybridized carbons (Fsp3) is 0.429. The summed E-state index contributed by atoms with van der Waals surface area (Å²) in [4.78, 5) is 31.9. The molecule has 2 aromatic rings. The number of rotatable bonds is 6. The third-order valence-corrected chi connectivity index (χ3v) is 5.77. The second-order valence-electron chi connectivity index (χ2n) is 7.04. The van der Waals surface area contributed by atoms with Gasteiger partial charge in [-0.1, -0.05) is 19.1 Å². The van der Waals surface area contributed by atoms with Gasteiger partial charge in [-0.2, -0.15) is 5.26 Å². The number of amides is 2. The van der Waals surface area contributed by atoms with Crippen LogP contribution in [0.4, 0.5) is 5.13 Å². The van der Waals surface area contributed by atoms with Crippen molar-refractivity contribution in [3.8, 4) is 6.07 Å². The molecule has 7 heteroatoms. The van der Waals surface area contributed by atoms with Gasteiger partial charge in [0.1, 0.15) is 0 Å². The van der Waals surface area contributed by atoms with Crippen molar-refractivity contribution in [2.45, 2.75) is 39.0 Å². The molecule has 1 atom stereocenters. The van der Waals surface area contributed by atoms with E-state index in [-0.39, 0.29) is 17.7 Å². The maximum absolute atomic E-state index is 12.6. The molecule has 146 valence electrons. The van der Waals surface area contributed by atoms with Crippen LogP contribution in [0.2, 0.25) is 0 Å². The lowest BCUT2D eigenvalue weighted by molar-refractivity contribution is -0.134. The van der Waals surface area contributed by atoms with Gasteiger partial charge in [-0.25, -0.2) is 4.98 Å². The van der Waals surface area contributed by atoms with Gasteiger partial charge < -0.3 is 10.2 Å². The van der Waals surface area contributed by atoms with Crippen molar-refractivity contribution in [2.24, 2.45) is 5.92 Å². The molecular formula is C21H24N4O2S. The topological polar surface area (TPSA) is 86.1 Å². The van der Waals surface area contributed by atoms with Crippen molar-refractivity contribution >= 4 is 28.3 Å². The first-order valence-electron chi connectivity index (χ1n) is 9.61. The zero-order chi connectivity index (χ0) is 19.9. The molecule has 0 saturated carbocycles. The summed E-state index contributed by atoms with van der Waals surface area (Å²) in [5.41, 5.74) is 1.73. The number of carbonyl (C=O) groups excluding carboxylic acids is 2. The first-order valence-corrected chi connectivity index (χ1v) is 10.4. The van der Waals surface area contributed by atoms with Crippen LogP contribution in [-0.4, -0.2) is 34.8 Å². The van der Waals surface area contributed by atoms with E-state index in [1.54, 1.807) is 18.3 Å². The molecule has 1 N–H and O–H groups in total. The number of benzene rings is 1. The van der Waals surface area contributed by atoms with E-state index in [0.717, 1.165) is 36.2 Å². The van der Waals surface area contributed by atoms with Crippen molar-refractivity contribution in [3.63, 3.8) is 0 Å². The van der Waals surface area contributed by atoms with Crippen molar-refractivity contribution in [1.82, 2.24) is 9.88 Å². The van der Waals surface area contributed by atoms with Crippen molar-refractivity contribution < 1.29 is 9.59 Å². The molecule has 0 radical (unpaired) electrons. The van der Waals surface area contributed by atoms with E-state index >= 15 is 0 Å². The molecule has 3 rings (SSSR count). The van der Waals surface area contributed by atoms with E-state index in [1.165, 1.54) is 11.3 Å². The van der Waals surface area contributed by atoms with Gasteiger partial charge in [-0.05, 0) is 37.0 Å². The van der Waals surface area contributed by atoms with Gasteiger partial charge in [-0.3, -0.25) is 9.59 Å². The molecular weight excluding hydrogens is 372 g/mol. The summed E-state index contributed by atoms with van der Waals surface area (Å²) in [5, 5.41) is 12.4. The van der Waals surface area contributed by atoms with Gasteiger partial charge in [-0.15, -0.1) is 11.3 Å². The van der Waals surface area contributed by atoms with Crippen LogP contribution in [0.3, 0.4) is 0 Å². The number of nitrogens with one attached hydrogen (secondary N) is 1. The summed E-state index contributed by atoms with van der Waals surface area (Å²) >= 11 is 1.46. The van der Waals surface area contributed by atoms with Gasteiger partial charge in [0.05, 0.1) is 17.6 Å². The second kappa shape index (κ2) is 9.47. The zero-order valence-corrected chi connectivity index (χ0v) is 16.8. The molecule has 0 aliphatic carbocycles. The van der Waals surface area contributed by atoms with E-state index in [2.05, 4.69) is 16.4 Å². The molecule has 1 saturated heterocycles. The molecule has 1 unspecified atom stereocenters. The highest BCUT2D eigenvalue weighted by atomic mass is 32.1. The van der Waals surface area contributed by atoms with E-state index < -0.39 is 0 Å². The molecule has 0 spiro atoms. The van der Waals surface area contributed by atoms with Crippen LogP contribution in [0.25, 0.3) is 0 Å². The van der Waals surface area contributed by atoms with Gasteiger partial charge in [0.15, 0.2) is 5.13 Å². The predicted molar refractivity (Wildman–Crippen MR) is 109 cm³/mol. The Hall–Kier alpha value is -2.72. The van der Waals surface area contributed by atoms with Crippen LogP contribution in [0.5, 0.6) is 0 Å². The third kappa shape index (κ3) is 5.17. The molecule has 2 amide bonds. The smallest absolute Gasteiger partial charge is 0.231 e. The number of anilines is 1. The Morgan fingerprint density at radius 2 is 2.14 bits per heavy atom. The summed E-state index contributed by atoms with van der Waals surface area (Å²) in [6.45, 7) is 3.23. The first-order chi connectivity index (χ1) is 13.6. The van der Waals surface area contributed by atoms with E-state index in [0.29, 0.717) is 30.1 Å². The van der Waals surface area contributed by atoms with Crippen LogP contribution in [0.1, 0.15) is 48.6 Å². The normalized spacial score (nSPS) is 16.4. The number of piperidine rings is 1. The Bertz CT molecular complexity index is 869. The van der Waals surface area contributed by atoms with Crippen LogP contribution in [0.15, 0.2) is 30.5 Å². The number of nitrogens with zero attached hydrogens (tertiary/aromatic N) is 3. The molecule has 1 fully saturated rings. The molecule has 6 nitrogen and oxygen atoms in total. The quantitative estimate of drug-likeness (QED) is 0.808. The van der Waals surface area contributed by atoms with Crippen LogP contribution in [0, 0.1) is 17.2 Å². The number of likely N-dealkylation sites (tertiary alicyclic amines) is 1. The predicted octanol–water partition coefficient (Wildman–Crippen LogP) is 3.58. The van der Waals surface area contributed by atoms with E-state index in [9.17, 15) is 9.59 Å². The number of carbonyl (C=O) groups is 2. The van der Waals surface area contributed by atoms with E-state index in [1.807, 2.05) is 24.0 Å². The zero-order valence-electron chi connectivity index (χ0n) is 16.0. The SMILES string of the molecule is CCCC(=O)N1CCCC(C(=O)Nc2ncc(Cc3ccc(C#N)cc3)s2)C1. The maximum atomic E-state index is 12.6. The Balaban J connectivity index is 1.56. The summed E-state index contributed by atoms with van der Waals surface area (Å²) in [5.74, 6) is -0.104. The molecule has 28 heavy (non-hydrogen) atoms. The summed E-state index contributed by atoms with van der Waals surface area (Å²) < 4.78 is 0. The highest BCUT2D eigenvalue weighted by Crippen LogP contribution is 2.24. The number of thiazole rings is 1. The Labute approximate surface area is 169 Å². The number of hydrogen-bond donors (Lipinski definition) is 1. The lowest BCUT2D eigenvalue weighted by Gasteiger charge is -2.31. The molecule has 1 aliphatic rings. The fourth-order valence-electron chi connectivity index (χ4n) is 3.34. The molecule has 2 heterocycles. The van der Waals surface area contributed by atoms with Crippen molar-refractivity contribution in [2.75, 3.05) is 18.4 Å². The Kier molecular flexibility index (Phi) is 6.77. The standard InChI is InChI=1S/C21H24N4O2S/c1-2-4-19(26)25-10-3-5-17(14-25)20(27)24-21-23-13-18(28-21)11-15-6-8-16(12-22)9-7-15/h6-9,13,17H,2-5,10-11,14H2,1H3,(H,23,24,27). The van der Waals surface area contributed by atoms with E-state index in [4.69, 9.17) is 5.26 Å². The minimum atomic E-state index is -0.180. The number of hydrogen-bond acceptors (Lipinski definition) is 5. The minimum Gasteiger partial charge on any atom is -0.342 e. The molecule has 0 bridgehead atoms. The number of aromatic nitrogens is 1. The Morgan fingerprint density at radius 3 is 2.86 bits per heavy atom. The summed E-state index contributed by atoms with van der Waals surface area (Å²) in [6, 6.07) is 9.57. The minimum absolute atomic E-state index is 0.0618. The monoisotopic (exact) mass is 396 g/mol. The number of nitriles is 1. The van der Waals surface area contributed by atoms with Crippen LogP contribution < -0.4 is 5.32 Å². The average Bonchev–Trinajstić information content (AvgIpc) is 3.15. The third-order valence-electron chi connectivity index (χ3n) is 4.85. The maximum Gasteiger partial charge on any atom is 0.231 e. The van der Waals surface area contributed by atoms with Gasteiger partial charge in [0, 0.05) is 37.0 Å². The average molecular weight is 397 g/mol. The largest absolute Gasteiger partial charge is 0.342 e. The Morgan fingerprint density at radius 1 is 1.36 bits per heavy atom. The van der Waals surface area contributed by atoms with Gasteiger partial charge >= 0.3 is 0 Å². The first kappa shape index (κ1) is 20.0.